The van der Waals surface area contributed by atoms with Crippen molar-refractivity contribution in [3.63, 3.8) is 0 Å². The molecule has 1 N–H and O–H groups in total. The van der Waals surface area contributed by atoms with Gasteiger partial charge in [-0.15, -0.1) is 0 Å². The van der Waals surface area contributed by atoms with Crippen LogP contribution in [0.15, 0.2) is 67.0 Å². The Hall–Kier alpha value is -3.21. The van der Waals surface area contributed by atoms with Gasteiger partial charge in [-0.05, 0) is 60.5 Å². The van der Waals surface area contributed by atoms with E-state index in [2.05, 4.69) is 5.32 Å². The molecule has 1 aromatic heterocycles. The Labute approximate surface area is 145 Å². The van der Waals surface area contributed by atoms with Gasteiger partial charge in [0.1, 0.15) is 0 Å². The topological polar surface area (TPSA) is 52.5 Å². The molecule has 0 unspecified atom stereocenters. The molecule has 4 rings (SSSR count). The SMILES string of the molecule is O=C(NCCc1ccc2c(c1)OCO2)c1ccc(-n2cccc2)cc1. The highest BCUT2D eigenvalue weighted by Gasteiger charge is 2.13. The van der Waals surface area contributed by atoms with E-state index in [1.54, 1.807) is 0 Å². The van der Waals surface area contributed by atoms with E-state index >= 15 is 0 Å². The van der Waals surface area contributed by atoms with Crippen LogP contribution in [-0.2, 0) is 6.42 Å². The number of rotatable bonds is 5. The average molecular weight is 334 g/mol. The van der Waals surface area contributed by atoms with Gasteiger partial charge in [-0.3, -0.25) is 4.79 Å². The van der Waals surface area contributed by atoms with Crippen LogP contribution in [0.4, 0.5) is 0 Å². The molecule has 0 fully saturated rings. The lowest BCUT2D eigenvalue weighted by Crippen LogP contribution is -2.25. The maximum atomic E-state index is 12.3. The number of aromatic nitrogens is 1. The zero-order chi connectivity index (χ0) is 17.1. The molecule has 0 radical (unpaired) electrons. The van der Waals surface area contributed by atoms with Crippen molar-refractivity contribution in [1.29, 1.82) is 0 Å². The molecule has 2 heterocycles. The first-order valence-corrected chi connectivity index (χ1v) is 8.20. The van der Waals surface area contributed by atoms with Crippen LogP contribution in [0.2, 0.25) is 0 Å². The van der Waals surface area contributed by atoms with Crippen LogP contribution in [0.1, 0.15) is 15.9 Å². The second-order valence-electron chi connectivity index (χ2n) is 5.83. The van der Waals surface area contributed by atoms with Crippen LogP contribution >= 0.6 is 0 Å². The zero-order valence-electron chi connectivity index (χ0n) is 13.6. The first-order valence-electron chi connectivity index (χ1n) is 8.20. The fourth-order valence-electron chi connectivity index (χ4n) is 2.81. The molecule has 126 valence electrons. The lowest BCUT2D eigenvalue weighted by molar-refractivity contribution is 0.0954. The van der Waals surface area contributed by atoms with Gasteiger partial charge in [0.15, 0.2) is 11.5 Å². The van der Waals surface area contributed by atoms with Crippen LogP contribution in [0.5, 0.6) is 11.5 Å². The third kappa shape index (κ3) is 3.35. The zero-order valence-corrected chi connectivity index (χ0v) is 13.6. The molecule has 0 spiro atoms. The molecule has 1 aliphatic rings. The van der Waals surface area contributed by atoms with E-state index in [9.17, 15) is 4.79 Å². The van der Waals surface area contributed by atoms with E-state index in [1.165, 1.54) is 0 Å². The van der Waals surface area contributed by atoms with Crippen LogP contribution in [-0.4, -0.2) is 23.8 Å². The standard InChI is InChI=1S/C20H18N2O3/c23-20(16-4-6-17(7-5-16)22-11-1-2-12-22)21-10-9-15-3-8-18-19(13-15)25-14-24-18/h1-8,11-13H,9-10,14H2,(H,21,23). The molecule has 1 amide bonds. The maximum absolute atomic E-state index is 12.3. The van der Waals surface area contributed by atoms with Crippen molar-refractivity contribution >= 4 is 5.91 Å². The predicted octanol–water partition coefficient (Wildman–Crippen LogP) is 3.18. The monoisotopic (exact) mass is 334 g/mol. The number of carbonyl (C=O) groups is 1. The molecule has 0 atom stereocenters. The number of nitrogens with zero attached hydrogens (tertiary/aromatic N) is 1. The van der Waals surface area contributed by atoms with Gasteiger partial charge in [0, 0.05) is 30.2 Å². The van der Waals surface area contributed by atoms with Crippen LogP contribution < -0.4 is 14.8 Å². The third-order valence-corrected chi connectivity index (χ3v) is 4.17. The number of hydrogen-bond donors (Lipinski definition) is 1. The van der Waals surface area contributed by atoms with Crippen LogP contribution in [0, 0.1) is 0 Å². The Bertz CT molecular complexity index is 870. The highest BCUT2D eigenvalue weighted by atomic mass is 16.7. The molecule has 0 saturated carbocycles. The largest absolute Gasteiger partial charge is 0.454 e. The summed E-state index contributed by atoms with van der Waals surface area (Å²) in [7, 11) is 0. The number of carbonyl (C=O) groups excluding carboxylic acids is 1. The van der Waals surface area contributed by atoms with Gasteiger partial charge < -0.3 is 19.4 Å². The van der Waals surface area contributed by atoms with Crippen molar-refractivity contribution in [2.45, 2.75) is 6.42 Å². The third-order valence-electron chi connectivity index (χ3n) is 4.17. The molecule has 1 aliphatic heterocycles. The Morgan fingerprint density at radius 3 is 2.56 bits per heavy atom. The Morgan fingerprint density at radius 2 is 1.76 bits per heavy atom. The van der Waals surface area contributed by atoms with Gasteiger partial charge in [-0.1, -0.05) is 6.07 Å². The Kier molecular flexibility index (Phi) is 4.12. The van der Waals surface area contributed by atoms with Gasteiger partial charge >= 0.3 is 0 Å². The quantitative estimate of drug-likeness (QED) is 0.780. The highest BCUT2D eigenvalue weighted by molar-refractivity contribution is 5.94. The molecule has 0 bridgehead atoms. The van der Waals surface area contributed by atoms with Crippen LogP contribution in [0.3, 0.4) is 0 Å². The number of benzene rings is 2. The number of fused-ring (bicyclic) bond motifs is 1. The number of ether oxygens (including phenoxy) is 2. The molecule has 5 nitrogen and oxygen atoms in total. The Morgan fingerprint density at radius 1 is 1.00 bits per heavy atom. The summed E-state index contributed by atoms with van der Waals surface area (Å²) >= 11 is 0. The first-order chi connectivity index (χ1) is 12.3. The minimum atomic E-state index is -0.0696. The van der Waals surface area contributed by atoms with E-state index < -0.39 is 0 Å². The minimum absolute atomic E-state index is 0.0696. The van der Waals surface area contributed by atoms with Gasteiger partial charge in [-0.2, -0.15) is 0 Å². The maximum Gasteiger partial charge on any atom is 0.251 e. The fraction of sp³-hybridized carbons (Fsp3) is 0.150. The van der Waals surface area contributed by atoms with E-state index in [0.717, 1.165) is 29.2 Å². The second-order valence-corrected chi connectivity index (χ2v) is 5.83. The molecule has 25 heavy (non-hydrogen) atoms. The summed E-state index contributed by atoms with van der Waals surface area (Å²) in [6.45, 7) is 0.840. The number of nitrogens with one attached hydrogen (secondary N) is 1. The number of amides is 1. The normalized spacial score (nSPS) is 12.2. The number of hydrogen-bond acceptors (Lipinski definition) is 3. The lowest BCUT2D eigenvalue weighted by Gasteiger charge is -2.08. The highest BCUT2D eigenvalue weighted by Crippen LogP contribution is 2.32. The van der Waals surface area contributed by atoms with E-state index in [0.29, 0.717) is 12.1 Å². The van der Waals surface area contributed by atoms with Gasteiger partial charge in [0.25, 0.3) is 5.91 Å². The summed E-state index contributed by atoms with van der Waals surface area (Å²) in [5.74, 6) is 1.47. The van der Waals surface area contributed by atoms with Crippen molar-refractivity contribution in [3.8, 4) is 17.2 Å². The van der Waals surface area contributed by atoms with Crippen LogP contribution in [0.25, 0.3) is 5.69 Å². The summed E-state index contributed by atoms with van der Waals surface area (Å²) in [4.78, 5) is 12.3. The minimum Gasteiger partial charge on any atom is -0.454 e. The van der Waals surface area contributed by atoms with Crippen molar-refractivity contribution in [1.82, 2.24) is 9.88 Å². The van der Waals surface area contributed by atoms with Crippen molar-refractivity contribution in [3.05, 3.63) is 78.1 Å². The second kappa shape index (κ2) is 6.73. The molecule has 5 heteroatoms. The Balaban J connectivity index is 1.33. The van der Waals surface area contributed by atoms with Gasteiger partial charge in [-0.25, -0.2) is 0 Å². The van der Waals surface area contributed by atoms with E-state index in [1.807, 2.05) is 71.6 Å². The fourth-order valence-corrected chi connectivity index (χ4v) is 2.81. The predicted molar refractivity (Wildman–Crippen MR) is 94.4 cm³/mol. The van der Waals surface area contributed by atoms with Crippen molar-refractivity contribution in [2.24, 2.45) is 0 Å². The average Bonchev–Trinajstić information content (AvgIpc) is 3.33. The first kappa shape index (κ1) is 15.3. The summed E-state index contributed by atoms with van der Waals surface area (Å²) in [5.41, 5.74) is 2.79. The smallest absolute Gasteiger partial charge is 0.251 e. The summed E-state index contributed by atoms with van der Waals surface area (Å²) in [5, 5.41) is 2.95. The summed E-state index contributed by atoms with van der Waals surface area (Å²) in [6.07, 6.45) is 4.69. The molecule has 2 aromatic carbocycles. The molecule has 3 aromatic rings. The van der Waals surface area contributed by atoms with Crippen molar-refractivity contribution < 1.29 is 14.3 Å². The molecule has 0 saturated heterocycles. The van der Waals surface area contributed by atoms with Crippen molar-refractivity contribution in [2.75, 3.05) is 13.3 Å². The van der Waals surface area contributed by atoms with Gasteiger partial charge in [0.2, 0.25) is 6.79 Å². The lowest BCUT2D eigenvalue weighted by atomic mass is 10.1. The van der Waals surface area contributed by atoms with E-state index in [4.69, 9.17) is 9.47 Å². The summed E-state index contributed by atoms with van der Waals surface area (Å²) in [6, 6.07) is 17.3. The molecule has 0 aliphatic carbocycles. The summed E-state index contributed by atoms with van der Waals surface area (Å²) < 4.78 is 12.7. The van der Waals surface area contributed by atoms with Gasteiger partial charge in [0.05, 0.1) is 0 Å². The van der Waals surface area contributed by atoms with E-state index in [-0.39, 0.29) is 12.7 Å². The molecular weight excluding hydrogens is 316 g/mol. The molecular formula is C20H18N2O3.